The third kappa shape index (κ3) is 4.84. The standard InChI is InChI=1S/C21H26N2O4S/c1-21(2,3)16-5-11-19(12-6-16)27-15-20(24)22-17-7-9-18(10-8-17)23-13-4-14-28(23,25)26/h5-12H,4,13-15H2,1-3H3,(H,22,24). The third-order valence-electron chi connectivity index (χ3n) is 4.63. The minimum Gasteiger partial charge on any atom is -0.484 e. The van der Waals surface area contributed by atoms with Crippen molar-refractivity contribution in [1.82, 2.24) is 0 Å². The van der Waals surface area contributed by atoms with E-state index < -0.39 is 10.0 Å². The predicted octanol–water partition coefficient (Wildman–Crippen LogP) is 3.54. The van der Waals surface area contributed by atoms with Crippen LogP contribution in [0.3, 0.4) is 0 Å². The van der Waals surface area contributed by atoms with Gasteiger partial charge in [-0.05, 0) is 53.8 Å². The van der Waals surface area contributed by atoms with Crippen molar-refractivity contribution in [3.8, 4) is 5.75 Å². The average molecular weight is 403 g/mol. The molecular formula is C21H26N2O4S. The summed E-state index contributed by atoms with van der Waals surface area (Å²) >= 11 is 0. The minimum absolute atomic E-state index is 0.0659. The SMILES string of the molecule is CC(C)(C)c1ccc(OCC(=O)Nc2ccc(N3CCCS3(=O)=O)cc2)cc1. The zero-order valence-corrected chi connectivity index (χ0v) is 17.3. The zero-order valence-electron chi connectivity index (χ0n) is 16.4. The highest BCUT2D eigenvalue weighted by molar-refractivity contribution is 7.93. The molecule has 0 aliphatic carbocycles. The van der Waals surface area contributed by atoms with Gasteiger partial charge in [0.2, 0.25) is 10.0 Å². The second kappa shape index (κ2) is 7.83. The van der Waals surface area contributed by atoms with Crippen molar-refractivity contribution in [3.63, 3.8) is 0 Å². The van der Waals surface area contributed by atoms with Crippen LogP contribution in [0.1, 0.15) is 32.8 Å². The van der Waals surface area contributed by atoms with Crippen molar-refractivity contribution >= 4 is 27.3 Å². The first kappa shape index (κ1) is 20.2. The monoisotopic (exact) mass is 402 g/mol. The normalized spacial score (nSPS) is 16.0. The topological polar surface area (TPSA) is 75.7 Å². The van der Waals surface area contributed by atoms with Crippen molar-refractivity contribution in [3.05, 3.63) is 54.1 Å². The lowest BCUT2D eigenvalue weighted by atomic mass is 9.87. The van der Waals surface area contributed by atoms with E-state index in [2.05, 4.69) is 26.1 Å². The Morgan fingerprint density at radius 3 is 2.25 bits per heavy atom. The number of rotatable bonds is 5. The summed E-state index contributed by atoms with van der Waals surface area (Å²) in [6.07, 6.45) is 0.634. The molecule has 1 aliphatic rings. The minimum atomic E-state index is -3.20. The van der Waals surface area contributed by atoms with E-state index in [0.717, 1.165) is 0 Å². The molecule has 0 saturated carbocycles. The number of benzene rings is 2. The van der Waals surface area contributed by atoms with Crippen LogP contribution >= 0.6 is 0 Å². The van der Waals surface area contributed by atoms with Crippen molar-refractivity contribution < 1.29 is 17.9 Å². The van der Waals surface area contributed by atoms with E-state index in [-0.39, 0.29) is 23.7 Å². The summed E-state index contributed by atoms with van der Waals surface area (Å²) in [5.41, 5.74) is 2.48. The Morgan fingerprint density at radius 1 is 1.07 bits per heavy atom. The summed E-state index contributed by atoms with van der Waals surface area (Å²) < 4.78 is 30.9. The summed E-state index contributed by atoms with van der Waals surface area (Å²) in [7, 11) is -3.20. The van der Waals surface area contributed by atoms with E-state index in [9.17, 15) is 13.2 Å². The molecule has 0 bridgehead atoms. The lowest BCUT2D eigenvalue weighted by Gasteiger charge is -2.19. The third-order valence-corrected chi connectivity index (χ3v) is 6.50. The van der Waals surface area contributed by atoms with Crippen molar-refractivity contribution in [1.29, 1.82) is 0 Å². The number of sulfonamides is 1. The van der Waals surface area contributed by atoms with E-state index >= 15 is 0 Å². The summed E-state index contributed by atoms with van der Waals surface area (Å²) in [5, 5.41) is 2.75. The van der Waals surface area contributed by atoms with Gasteiger partial charge in [-0.3, -0.25) is 9.10 Å². The summed E-state index contributed by atoms with van der Waals surface area (Å²) in [6.45, 7) is 6.81. The first-order valence-electron chi connectivity index (χ1n) is 9.29. The molecule has 28 heavy (non-hydrogen) atoms. The smallest absolute Gasteiger partial charge is 0.262 e. The van der Waals surface area contributed by atoms with Crippen LogP contribution in [0, 0.1) is 0 Å². The predicted molar refractivity (Wildman–Crippen MR) is 111 cm³/mol. The second-order valence-electron chi connectivity index (χ2n) is 7.90. The maximum atomic E-state index is 12.1. The molecule has 1 aliphatic heterocycles. The van der Waals surface area contributed by atoms with Gasteiger partial charge >= 0.3 is 0 Å². The molecule has 0 aromatic heterocycles. The number of hydrogen-bond acceptors (Lipinski definition) is 4. The van der Waals surface area contributed by atoms with Gasteiger partial charge in [0, 0.05) is 12.2 Å². The van der Waals surface area contributed by atoms with Crippen LogP contribution in [0.2, 0.25) is 0 Å². The van der Waals surface area contributed by atoms with E-state index in [1.807, 2.05) is 24.3 Å². The van der Waals surface area contributed by atoms with Crippen LogP contribution in [0.25, 0.3) is 0 Å². The molecule has 6 nitrogen and oxygen atoms in total. The number of carbonyl (C=O) groups is 1. The molecule has 1 saturated heterocycles. The van der Waals surface area contributed by atoms with E-state index in [0.29, 0.717) is 30.1 Å². The van der Waals surface area contributed by atoms with Crippen LogP contribution in [-0.4, -0.2) is 33.2 Å². The number of hydrogen-bond donors (Lipinski definition) is 1. The number of nitrogens with one attached hydrogen (secondary N) is 1. The molecule has 0 unspecified atom stereocenters. The first-order valence-corrected chi connectivity index (χ1v) is 10.9. The maximum Gasteiger partial charge on any atom is 0.262 e. The molecule has 1 N–H and O–H groups in total. The highest BCUT2D eigenvalue weighted by Gasteiger charge is 2.28. The Labute approximate surface area is 166 Å². The van der Waals surface area contributed by atoms with Gasteiger partial charge in [0.05, 0.1) is 11.4 Å². The molecule has 3 rings (SSSR count). The van der Waals surface area contributed by atoms with E-state index in [1.165, 1.54) is 9.87 Å². The van der Waals surface area contributed by atoms with Gasteiger partial charge in [0.15, 0.2) is 6.61 Å². The van der Waals surface area contributed by atoms with Crippen molar-refractivity contribution in [2.24, 2.45) is 0 Å². The molecule has 0 atom stereocenters. The summed E-state index contributed by atoms with van der Waals surface area (Å²) in [6, 6.07) is 14.5. The van der Waals surface area contributed by atoms with E-state index in [1.54, 1.807) is 24.3 Å². The Morgan fingerprint density at radius 2 is 1.71 bits per heavy atom. The second-order valence-corrected chi connectivity index (χ2v) is 9.91. The van der Waals surface area contributed by atoms with Crippen LogP contribution in [0.15, 0.2) is 48.5 Å². The molecule has 2 aromatic carbocycles. The van der Waals surface area contributed by atoms with Crippen LogP contribution < -0.4 is 14.4 Å². The molecule has 150 valence electrons. The molecule has 2 aromatic rings. The lowest BCUT2D eigenvalue weighted by Crippen LogP contribution is -2.25. The summed E-state index contributed by atoms with van der Waals surface area (Å²) in [5.74, 6) is 0.540. The highest BCUT2D eigenvalue weighted by Crippen LogP contribution is 2.26. The molecule has 7 heteroatoms. The molecule has 1 heterocycles. The van der Waals surface area contributed by atoms with Crippen LogP contribution in [-0.2, 0) is 20.2 Å². The number of amides is 1. The van der Waals surface area contributed by atoms with Gasteiger partial charge in [-0.2, -0.15) is 0 Å². The van der Waals surface area contributed by atoms with Crippen LogP contribution in [0.4, 0.5) is 11.4 Å². The van der Waals surface area contributed by atoms with Gasteiger partial charge in [-0.1, -0.05) is 32.9 Å². The lowest BCUT2D eigenvalue weighted by molar-refractivity contribution is -0.118. The molecule has 0 spiro atoms. The van der Waals surface area contributed by atoms with Crippen LogP contribution in [0.5, 0.6) is 5.75 Å². The quantitative estimate of drug-likeness (QED) is 0.830. The Hall–Kier alpha value is -2.54. The zero-order chi connectivity index (χ0) is 20.4. The molecule has 0 radical (unpaired) electrons. The first-order chi connectivity index (χ1) is 13.1. The fraction of sp³-hybridized carbons (Fsp3) is 0.381. The largest absolute Gasteiger partial charge is 0.484 e. The van der Waals surface area contributed by atoms with Gasteiger partial charge in [-0.25, -0.2) is 8.42 Å². The number of anilines is 2. The number of ether oxygens (including phenoxy) is 1. The van der Waals surface area contributed by atoms with E-state index in [4.69, 9.17) is 4.74 Å². The Kier molecular flexibility index (Phi) is 5.65. The fourth-order valence-electron chi connectivity index (χ4n) is 3.04. The summed E-state index contributed by atoms with van der Waals surface area (Å²) in [4.78, 5) is 12.1. The van der Waals surface area contributed by atoms with Gasteiger partial charge in [0.1, 0.15) is 5.75 Å². The van der Waals surface area contributed by atoms with Crippen molar-refractivity contribution in [2.45, 2.75) is 32.6 Å². The molecule has 1 amide bonds. The molecule has 1 fully saturated rings. The number of nitrogens with zero attached hydrogens (tertiary/aromatic N) is 1. The van der Waals surface area contributed by atoms with Gasteiger partial charge in [-0.15, -0.1) is 0 Å². The van der Waals surface area contributed by atoms with Gasteiger partial charge in [0.25, 0.3) is 5.91 Å². The number of carbonyl (C=O) groups excluding carboxylic acids is 1. The fourth-order valence-corrected chi connectivity index (χ4v) is 4.60. The van der Waals surface area contributed by atoms with Gasteiger partial charge < -0.3 is 10.1 Å². The average Bonchev–Trinajstić information content (AvgIpc) is 2.99. The Bertz CT molecular complexity index is 930. The maximum absolute atomic E-state index is 12.1. The molecular weight excluding hydrogens is 376 g/mol. The van der Waals surface area contributed by atoms with Crippen molar-refractivity contribution in [2.75, 3.05) is 28.5 Å². The Balaban J connectivity index is 1.54. The highest BCUT2D eigenvalue weighted by atomic mass is 32.2.